The lowest BCUT2D eigenvalue weighted by atomic mass is 9.96. The Bertz CT molecular complexity index is 560. The maximum absolute atomic E-state index is 9.54. The smallest absolute Gasteiger partial charge is 0.0931 e. The number of ether oxygens (including phenoxy) is 1. The molecule has 1 atom stereocenters. The summed E-state index contributed by atoms with van der Waals surface area (Å²) in [5, 5.41) is 9.54. The average Bonchev–Trinajstić information content (AvgIpc) is 2.61. The minimum atomic E-state index is -0.538. The number of nitrogens with zero attached hydrogens (tertiary/aromatic N) is 3. The Morgan fingerprint density at radius 3 is 2.87 bits per heavy atom. The summed E-state index contributed by atoms with van der Waals surface area (Å²) in [6, 6.07) is 3.83. The first-order chi connectivity index (χ1) is 11.2. The highest BCUT2D eigenvalue weighted by molar-refractivity contribution is 5.76. The summed E-state index contributed by atoms with van der Waals surface area (Å²) in [4.78, 5) is 11.1. The van der Waals surface area contributed by atoms with Gasteiger partial charge in [0.25, 0.3) is 0 Å². The first-order valence-corrected chi connectivity index (χ1v) is 8.43. The fraction of sp³-hybridized carbons (Fsp3) is 0.556. The minimum Gasteiger partial charge on any atom is -0.387 e. The van der Waals surface area contributed by atoms with Crippen molar-refractivity contribution in [3.05, 3.63) is 35.8 Å². The summed E-state index contributed by atoms with van der Waals surface area (Å²) in [7, 11) is 0. The molecule has 5 nitrogen and oxygen atoms in total. The van der Waals surface area contributed by atoms with Gasteiger partial charge in [0.05, 0.1) is 24.0 Å². The van der Waals surface area contributed by atoms with E-state index in [1.807, 2.05) is 18.3 Å². The van der Waals surface area contributed by atoms with E-state index in [1.165, 1.54) is 19.3 Å². The lowest BCUT2D eigenvalue weighted by Crippen LogP contribution is -2.27. The SMILES string of the molecule is C[C@@H](O)c1ccc(C2=CN(CCC3CCOCC3)CC=N2)cn1. The highest BCUT2D eigenvalue weighted by Crippen LogP contribution is 2.22. The van der Waals surface area contributed by atoms with Gasteiger partial charge < -0.3 is 14.7 Å². The van der Waals surface area contributed by atoms with Crippen molar-refractivity contribution in [2.24, 2.45) is 10.9 Å². The number of hydrogen-bond donors (Lipinski definition) is 1. The van der Waals surface area contributed by atoms with Gasteiger partial charge in [-0.05, 0) is 44.2 Å². The van der Waals surface area contributed by atoms with Crippen LogP contribution < -0.4 is 0 Å². The van der Waals surface area contributed by atoms with E-state index in [4.69, 9.17) is 4.74 Å². The summed E-state index contributed by atoms with van der Waals surface area (Å²) in [6.07, 6.45) is 8.91. The first kappa shape index (κ1) is 16.1. The van der Waals surface area contributed by atoms with Gasteiger partial charge >= 0.3 is 0 Å². The van der Waals surface area contributed by atoms with Crippen LogP contribution in [0.1, 0.15) is 43.5 Å². The molecule has 2 aliphatic heterocycles. The zero-order valence-electron chi connectivity index (χ0n) is 13.7. The number of aromatic nitrogens is 1. The van der Waals surface area contributed by atoms with Crippen molar-refractivity contribution in [3.8, 4) is 0 Å². The van der Waals surface area contributed by atoms with E-state index in [0.717, 1.165) is 43.5 Å². The van der Waals surface area contributed by atoms with Gasteiger partial charge in [-0.2, -0.15) is 0 Å². The lowest BCUT2D eigenvalue weighted by molar-refractivity contribution is 0.0620. The van der Waals surface area contributed by atoms with Gasteiger partial charge in [0.2, 0.25) is 0 Å². The predicted molar refractivity (Wildman–Crippen MR) is 91.1 cm³/mol. The molecule has 23 heavy (non-hydrogen) atoms. The largest absolute Gasteiger partial charge is 0.387 e. The Morgan fingerprint density at radius 2 is 2.17 bits per heavy atom. The molecule has 1 aromatic rings. The molecule has 0 spiro atoms. The molecular weight excluding hydrogens is 290 g/mol. The Balaban J connectivity index is 1.60. The van der Waals surface area contributed by atoms with Crippen molar-refractivity contribution in [3.63, 3.8) is 0 Å². The Morgan fingerprint density at radius 1 is 1.35 bits per heavy atom. The molecule has 1 fully saturated rings. The van der Waals surface area contributed by atoms with Gasteiger partial charge in [-0.3, -0.25) is 9.98 Å². The van der Waals surface area contributed by atoms with E-state index in [1.54, 1.807) is 13.1 Å². The number of aliphatic imine (C=N–C) groups is 1. The van der Waals surface area contributed by atoms with Crippen molar-refractivity contribution in [2.45, 2.75) is 32.3 Å². The lowest BCUT2D eigenvalue weighted by Gasteiger charge is -2.27. The van der Waals surface area contributed by atoms with Gasteiger partial charge in [-0.15, -0.1) is 0 Å². The van der Waals surface area contributed by atoms with Crippen molar-refractivity contribution in [1.29, 1.82) is 0 Å². The van der Waals surface area contributed by atoms with Crippen LogP contribution in [0.3, 0.4) is 0 Å². The molecule has 0 aliphatic carbocycles. The molecule has 0 radical (unpaired) electrons. The van der Waals surface area contributed by atoms with E-state index in [-0.39, 0.29) is 0 Å². The molecule has 0 aromatic carbocycles. The van der Waals surface area contributed by atoms with E-state index < -0.39 is 6.10 Å². The molecule has 3 rings (SSSR count). The molecule has 124 valence electrons. The molecule has 1 N–H and O–H groups in total. The predicted octanol–water partition coefficient (Wildman–Crippen LogP) is 2.64. The van der Waals surface area contributed by atoms with Gasteiger partial charge in [-0.25, -0.2) is 0 Å². The topological polar surface area (TPSA) is 58.0 Å². The van der Waals surface area contributed by atoms with Crippen molar-refractivity contribution < 1.29 is 9.84 Å². The second-order valence-corrected chi connectivity index (χ2v) is 6.31. The fourth-order valence-electron chi connectivity index (χ4n) is 3.00. The van der Waals surface area contributed by atoms with Crippen LogP contribution in [0.5, 0.6) is 0 Å². The van der Waals surface area contributed by atoms with E-state index >= 15 is 0 Å². The summed E-state index contributed by atoms with van der Waals surface area (Å²) >= 11 is 0. The molecule has 0 unspecified atom stereocenters. The molecule has 0 saturated carbocycles. The number of rotatable bonds is 5. The third-order valence-corrected chi connectivity index (χ3v) is 4.53. The second kappa shape index (κ2) is 7.70. The summed E-state index contributed by atoms with van der Waals surface area (Å²) in [5.41, 5.74) is 2.61. The van der Waals surface area contributed by atoms with Gasteiger partial charge in [0, 0.05) is 43.9 Å². The van der Waals surface area contributed by atoms with E-state index in [0.29, 0.717) is 5.69 Å². The van der Waals surface area contributed by atoms with Crippen LogP contribution in [0.2, 0.25) is 0 Å². The maximum atomic E-state index is 9.54. The van der Waals surface area contributed by atoms with Crippen molar-refractivity contribution in [2.75, 3.05) is 26.3 Å². The maximum Gasteiger partial charge on any atom is 0.0931 e. The third kappa shape index (κ3) is 4.39. The Labute approximate surface area is 137 Å². The van der Waals surface area contributed by atoms with E-state index in [9.17, 15) is 5.11 Å². The fourth-order valence-corrected chi connectivity index (χ4v) is 3.00. The molecule has 1 saturated heterocycles. The molecule has 1 aromatic heterocycles. The van der Waals surface area contributed by atoms with E-state index in [2.05, 4.69) is 21.1 Å². The minimum absolute atomic E-state index is 0.538. The van der Waals surface area contributed by atoms with Crippen molar-refractivity contribution >= 4 is 11.9 Å². The molecule has 0 bridgehead atoms. The average molecular weight is 315 g/mol. The van der Waals surface area contributed by atoms with Crippen LogP contribution in [0.15, 0.2) is 29.5 Å². The van der Waals surface area contributed by atoms with Crippen LogP contribution >= 0.6 is 0 Å². The van der Waals surface area contributed by atoms with Gasteiger partial charge in [0.15, 0.2) is 0 Å². The number of pyridine rings is 1. The molecular formula is C18H25N3O2. The summed E-state index contributed by atoms with van der Waals surface area (Å²) in [5.74, 6) is 0.784. The zero-order valence-corrected chi connectivity index (χ0v) is 13.7. The van der Waals surface area contributed by atoms with Gasteiger partial charge in [-0.1, -0.05) is 0 Å². The molecule has 5 heteroatoms. The van der Waals surface area contributed by atoms with Crippen LogP contribution in [0, 0.1) is 5.92 Å². The normalized spacial score (nSPS) is 20.4. The second-order valence-electron chi connectivity index (χ2n) is 6.31. The highest BCUT2D eigenvalue weighted by Gasteiger charge is 2.16. The molecule has 2 aliphatic rings. The zero-order chi connectivity index (χ0) is 16.1. The highest BCUT2D eigenvalue weighted by atomic mass is 16.5. The first-order valence-electron chi connectivity index (χ1n) is 8.43. The van der Waals surface area contributed by atoms with Crippen LogP contribution in [0.4, 0.5) is 0 Å². The summed E-state index contributed by atoms with van der Waals surface area (Å²) < 4.78 is 5.42. The van der Waals surface area contributed by atoms with Crippen LogP contribution in [-0.4, -0.2) is 47.5 Å². The van der Waals surface area contributed by atoms with Crippen molar-refractivity contribution in [1.82, 2.24) is 9.88 Å². The number of aliphatic hydroxyl groups excluding tert-OH is 1. The standard InChI is InChI=1S/C18H25N3O2/c1-14(22)17-3-2-16(12-20-17)18-13-21(9-7-19-18)8-4-15-5-10-23-11-6-15/h2-3,7,12-15,22H,4-6,8-11H2,1H3/t14-/m1/s1. The quantitative estimate of drug-likeness (QED) is 0.907. The van der Waals surface area contributed by atoms with Crippen LogP contribution in [-0.2, 0) is 4.74 Å². The number of aliphatic hydroxyl groups is 1. The third-order valence-electron chi connectivity index (χ3n) is 4.53. The summed E-state index contributed by atoms with van der Waals surface area (Å²) in [6.45, 7) is 5.46. The molecule has 0 amide bonds. The van der Waals surface area contributed by atoms with Gasteiger partial charge in [0.1, 0.15) is 0 Å². The Kier molecular flexibility index (Phi) is 5.41. The molecule has 3 heterocycles. The number of hydrogen-bond acceptors (Lipinski definition) is 5. The van der Waals surface area contributed by atoms with Crippen LogP contribution in [0.25, 0.3) is 5.70 Å². The Hall–Kier alpha value is -1.72. The monoisotopic (exact) mass is 315 g/mol.